The molecular weight excluding hydrogens is 376 g/mol. The molecule has 1 saturated heterocycles. The molecule has 1 fully saturated rings. The molecule has 1 aliphatic rings. The minimum Gasteiger partial charge on any atom is -0.497 e. The fourth-order valence-corrected chi connectivity index (χ4v) is 4.14. The Morgan fingerprint density at radius 2 is 1.93 bits per heavy atom. The van der Waals surface area contributed by atoms with Crippen molar-refractivity contribution in [2.24, 2.45) is 5.92 Å². The zero-order valence-corrected chi connectivity index (χ0v) is 18.0. The number of methoxy groups -OCH3 is 1. The first-order valence-electron chi connectivity index (χ1n) is 10.7. The first-order chi connectivity index (χ1) is 14.5. The van der Waals surface area contributed by atoms with E-state index in [1.54, 1.807) is 7.11 Å². The lowest BCUT2D eigenvalue weighted by Gasteiger charge is -2.32. The summed E-state index contributed by atoms with van der Waals surface area (Å²) in [6.45, 7) is 6.40. The Labute approximate surface area is 178 Å². The molecule has 5 heteroatoms. The smallest absolute Gasteiger partial charge is 0.253 e. The summed E-state index contributed by atoms with van der Waals surface area (Å²) >= 11 is 0. The molecule has 0 spiro atoms. The second-order valence-electron chi connectivity index (χ2n) is 8.45. The molecule has 4 rings (SSSR count). The van der Waals surface area contributed by atoms with Gasteiger partial charge in [-0.3, -0.25) is 4.79 Å². The molecular formula is C25H30N2O3. The Morgan fingerprint density at radius 1 is 1.13 bits per heavy atom. The maximum Gasteiger partial charge on any atom is 0.253 e. The van der Waals surface area contributed by atoms with Crippen molar-refractivity contribution in [2.75, 3.05) is 26.8 Å². The fourth-order valence-electron chi connectivity index (χ4n) is 4.14. The van der Waals surface area contributed by atoms with Crippen LogP contribution in [-0.2, 0) is 0 Å². The van der Waals surface area contributed by atoms with Gasteiger partial charge < -0.3 is 19.4 Å². The van der Waals surface area contributed by atoms with E-state index in [1.807, 2.05) is 35.2 Å². The number of ether oxygens (including phenoxy) is 2. The van der Waals surface area contributed by atoms with Crippen molar-refractivity contribution < 1.29 is 14.3 Å². The number of benzene rings is 2. The SMILES string of the molecule is COc1ccc2[nH]cc(C3CCN(C(=O)c4cccc(OCC(C)C)c4)CC3)c2c1. The highest BCUT2D eigenvalue weighted by Gasteiger charge is 2.26. The number of amides is 1. The quantitative estimate of drug-likeness (QED) is 0.610. The Balaban J connectivity index is 1.42. The van der Waals surface area contributed by atoms with E-state index in [1.165, 1.54) is 10.9 Å². The van der Waals surface area contributed by atoms with E-state index in [0.29, 0.717) is 24.0 Å². The van der Waals surface area contributed by atoms with Gasteiger partial charge in [-0.1, -0.05) is 19.9 Å². The molecule has 5 nitrogen and oxygen atoms in total. The number of piperidine rings is 1. The van der Waals surface area contributed by atoms with Crippen LogP contribution in [0.5, 0.6) is 11.5 Å². The summed E-state index contributed by atoms with van der Waals surface area (Å²) in [5.74, 6) is 2.61. The molecule has 3 aromatic rings. The molecule has 0 radical (unpaired) electrons. The maximum atomic E-state index is 13.0. The molecule has 30 heavy (non-hydrogen) atoms. The van der Waals surface area contributed by atoms with Crippen molar-refractivity contribution in [1.29, 1.82) is 0 Å². The molecule has 0 atom stereocenters. The summed E-state index contributed by atoms with van der Waals surface area (Å²) in [6.07, 6.45) is 4.03. The number of rotatable bonds is 6. The van der Waals surface area contributed by atoms with Crippen molar-refractivity contribution in [1.82, 2.24) is 9.88 Å². The van der Waals surface area contributed by atoms with Crippen LogP contribution in [-0.4, -0.2) is 42.6 Å². The Morgan fingerprint density at radius 3 is 2.67 bits per heavy atom. The summed E-state index contributed by atoms with van der Waals surface area (Å²) in [4.78, 5) is 18.4. The fraction of sp³-hybridized carbons (Fsp3) is 0.400. The highest BCUT2D eigenvalue weighted by molar-refractivity contribution is 5.94. The summed E-state index contributed by atoms with van der Waals surface area (Å²) in [5, 5.41) is 1.22. The predicted molar refractivity (Wildman–Crippen MR) is 120 cm³/mol. The average Bonchev–Trinajstić information content (AvgIpc) is 3.20. The number of aromatic nitrogens is 1. The number of hydrogen-bond acceptors (Lipinski definition) is 3. The number of nitrogens with one attached hydrogen (secondary N) is 1. The summed E-state index contributed by atoms with van der Waals surface area (Å²) in [7, 11) is 1.69. The van der Waals surface area contributed by atoms with Crippen LogP contribution in [0.2, 0.25) is 0 Å². The third kappa shape index (κ3) is 4.30. The first kappa shape index (κ1) is 20.3. The third-order valence-electron chi connectivity index (χ3n) is 5.81. The average molecular weight is 407 g/mol. The van der Waals surface area contributed by atoms with Gasteiger partial charge in [0.1, 0.15) is 11.5 Å². The summed E-state index contributed by atoms with van der Waals surface area (Å²) in [5.41, 5.74) is 3.15. The lowest BCUT2D eigenvalue weighted by molar-refractivity contribution is 0.0713. The van der Waals surface area contributed by atoms with Gasteiger partial charge in [0.25, 0.3) is 5.91 Å². The van der Waals surface area contributed by atoms with Crippen LogP contribution in [0, 0.1) is 5.92 Å². The van der Waals surface area contributed by atoms with Crippen LogP contribution in [0.3, 0.4) is 0 Å². The van der Waals surface area contributed by atoms with Crippen LogP contribution >= 0.6 is 0 Å². The number of carbonyl (C=O) groups excluding carboxylic acids is 1. The van der Waals surface area contributed by atoms with Gasteiger partial charge in [0.2, 0.25) is 0 Å². The Kier molecular flexibility index (Phi) is 5.98. The minimum atomic E-state index is 0.0871. The van der Waals surface area contributed by atoms with Crippen molar-refractivity contribution in [2.45, 2.75) is 32.6 Å². The molecule has 2 aromatic carbocycles. The molecule has 0 aliphatic carbocycles. The van der Waals surface area contributed by atoms with Crippen molar-refractivity contribution >= 4 is 16.8 Å². The van der Waals surface area contributed by atoms with E-state index < -0.39 is 0 Å². The number of fused-ring (bicyclic) bond motifs is 1. The second kappa shape index (κ2) is 8.82. The van der Waals surface area contributed by atoms with Crippen LogP contribution in [0.15, 0.2) is 48.7 Å². The zero-order chi connectivity index (χ0) is 21.1. The molecule has 0 bridgehead atoms. The number of likely N-dealkylation sites (tertiary alicyclic amines) is 1. The molecule has 1 amide bonds. The molecule has 0 unspecified atom stereocenters. The van der Waals surface area contributed by atoms with Crippen molar-refractivity contribution in [3.8, 4) is 11.5 Å². The van der Waals surface area contributed by atoms with Crippen molar-refractivity contribution in [3.05, 3.63) is 59.8 Å². The van der Waals surface area contributed by atoms with E-state index >= 15 is 0 Å². The summed E-state index contributed by atoms with van der Waals surface area (Å²) < 4.78 is 11.2. The molecule has 1 aromatic heterocycles. The maximum absolute atomic E-state index is 13.0. The largest absolute Gasteiger partial charge is 0.497 e. The van der Waals surface area contributed by atoms with Crippen LogP contribution in [0.4, 0.5) is 0 Å². The van der Waals surface area contributed by atoms with Gasteiger partial charge in [0.05, 0.1) is 13.7 Å². The normalized spacial score (nSPS) is 15.0. The molecule has 1 aliphatic heterocycles. The highest BCUT2D eigenvalue weighted by atomic mass is 16.5. The van der Waals surface area contributed by atoms with Gasteiger partial charge in [0.15, 0.2) is 0 Å². The standard InChI is InChI=1S/C25H30N2O3/c1-17(2)16-30-21-6-4-5-19(13-21)25(28)27-11-9-18(10-12-27)23-15-26-24-8-7-20(29-3)14-22(23)24/h4-8,13-15,17-18,26H,9-12,16H2,1-3H3. The van der Waals surface area contributed by atoms with Crippen LogP contribution in [0.1, 0.15) is 48.5 Å². The zero-order valence-electron chi connectivity index (χ0n) is 18.0. The molecule has 2 heterocycles. The molecule has 1 N–H and O–H groups in total. The van der Waals surface area contributed by atoms with Crippen molar-refractivity contribution in [3.63, 3.8) is 0 Å². The lowest BCUT2D eigenvalue weighted by atomic mass is 9.89. The van der Waals surface area contributed by atoms with Crippen LogP contribution in [0.25, 0.3) is 10.9 Å². The van der Waals surface area contributed by atoms with Gasteiger partial charge in [-0.05, 0) is 66.6 Å². The van der Waals surface area contributed by atoms with Gasteiger partial charge in [0, 0.05) is 35.8 Å². The van der Waals surface area contributed by atoms with Gasteiger partial charge in [-0.15, -0.1) is 0 Å². The van der Waals surface area contributed by atoms with Crippen LogP contribution < -0.4 is 9.47 Å². The highest BCUT2D eigenvalue weighted by Crippen LogP contribution is 2.35. The third-order valence-corrected chi connectivity index (χ3v) is 5.81. The Bertz CT molecular complexity index is 1020. The number of hydrogen-bond donors (Lipinski definition) is 1. The molecule has 158 valence electrons. The number of nitrogens with zero attached hydrogens (tertiary/aromatic N) is 1. The topological polar surface area (TPSA) is 54.6 Å². The van der Waals surface area contributed by atoms with Gasteiger partial charge >= 0.3 is 0 Å². The Hall–Kier alpha value is -2.95. The van der Waals surface area contributed by atoms with E-state index in [4.69, 9.17) is 9.47 Å². The van der Waals surface area contributed by atoms with Gasteiger partial charge in [-0.2, -0.15) is 0 Å². The number of aromatic amines is 1. The van der Waals surface area contributed by atoms with Gasteiger partial charge in [-0.25, -0.2) is 0 Å². The monoisotopic (exact) mass is 406 g/mol. The summed E-state index contributed by atoms with van der Waals surface area (Å²) in [6, 6.07) is 13.7. The number of carbonyl (C=O) groups is 1. The van der Waals surface area contributed by atoms with E-state index in [9.17, 15) is 4.79 Å². The van der Waals surface area contributed by atoms with E-state index in [0.717, 1.165) is 42.9 Å². The first-order valence-corrected chi connectivity index (χ1v) is 10.7. The minimum absolute atomic E-state index is 0.0871. The number of H-pyrrole nitrogens is 1. The predicted octanol–water partition coefficient (Wildman–Crippen LogP) is 5.23. The molecule has 0 saturated carbocycles. The van der Waals surface area contributed by atoms with E-state index in [2.05, 4.69) is 37.2 Å². The lowest BCUT2D eigenvalue weighted by Crippen LogP contribution is -2.37. The second-order valence-corrected chi connectivity index (χ2v) is 8.45. The van der Waals surface area contributed by atoms with E-state index in [-0.39, 0.29) is 5.91 Å².